The van der Waals surface area contributed by atoms with E-state index in [2.05, 4.69) is 37.0 Å². The van der Waals surface area contributed by atoms with Crippen molar-refractivity contribution in [3.8, 4) is 0 Å². The number of anilines is 1. The highest BCUT2D eigenvalue weighted by Crippen LogP contribution is 2.25. The second-order valence-electron chi connectivity index (χ2n) is 4.68. The molecule has 0 aliphatic carbocycles. The van der Waals surface area contributed by atoms with Gasteiger partial charge in [-0.15, -0.1) is 11.8 Å². The van der Waals surface area contributed by atoms with Gasteiger partial charge in [-0.3, -0.25) is 0 Å². The van der Waals surface area contributed by atoms with E-state index in [0.29, 0.717) is 0 Å². The zero-order chi connectivity index (χ0) is 13.1. The minimum Gasteiger partial charge on any atom is -0.397 e. The first-order valence-electron chi connectivity index (χ1n) is 5.96. The fourth-order valence-corrected chi connectivity index (χ4v) is 2.92. The van der Waals surface area contributed by atoms with Crippen LogP contribution in [0.3, 0.4) is 0 Å². The summed E-state index contributed by atoms with van der Waals surface area (Å²) in [6.07, 6.45) is 1.72. The van der Waals surface area contributed by atoms with Gasteiger partial charge in [-0.2, -0.15) is 0 Å². The smallest absolute Gasteiger partial charge is 0.0993 e. The molecule has 0 fully saturated rings. The molecule has 0 bridgehead atoms. The minimum atomic E-state index is 0.725. The largest absolute Gasteiger partial charge is 0.397 e. The Bertz CT molecular complexity index is 544. The van der Waals surface area contributed by atoms with Crippen LogP contribution in [0.15, 0.2) is 35.5 Å². The first-order chi connectivity index (χ1) is 8.54. The summed E-state index contributed by atoms with van der Waals surface area (Å²) in [6, 6.07) is 8.62. The van der Waals surface area contributed by atoms with Gasteiger partial charge < -0.3 is 5.73 Å². The summed E-state index contributed by atoms with van der Waals surface area (Å²) in [5.74, 6) is 0.945. The molecular formula is C15H18N2S. The van der Waals surface area contributed by atoms with E-state index in [1.807, 2.05) is 13.0 Å². The van der Waals surface area contributed by atoms with Crippen molar-refractivity contribution >= 4 is 17.4 Å². The Morgan fingerprint density at radius 1 is 1.06 bits per heavy atom. The van der Waals surface area contributed by atoms with Crippen molar-refractivity contribution < 1.29 is 0 Å². The van der Waals surface area contributed by atoms with Crippen molar-refractivity contribution in [3.63, 3.8) is 0 Å². The summed E-state index contributed by atoms with van der Waals surface area (Å²) in [5, 5.41) is 1.06. The second kappa shape index (κ2) is 5.44. The minimum absolute atomic E-state index is 0.725. The number of aromatic nitrogens is 1. The van der Waals surface area contributed by atoms with E-state index in [1.54, 1.807) is 18.0 Å². The molecule has 0 atom stereocenters. The Labute approximate surface area is 113 Å². The zero-order valence-corrected chi connectivity index (χ0v) is 11.8. The predicted octanol–water partition coefficient (Wildman–Crippen LogP) is 3.88. The van der Waals surface area contributed by atoms with Gasteiger partial charge in [0.05, 0.1) is 16.9 Å². The lowest BCUT2D eigenvalue weighted by molar-refractivity contribution is 1.08. The Morgan fingerprint density at radius 3 is 2.33 bits per heavy atom. The van der Waals surface area contributed by atoms with E-state index in [9.17, 15) is 0 Å². The highest BCUT2D eigenvalue weighted by Gasteiger charge is 2.03. The van der Waals surface area contributed by atoms with Crippen molar-refractivity contribution in [1.29, 1.82) is 0 Å². The number of benzene rings is 1. The van der Waals surface area contributed by atoms with Gasteiger partial charge in [0.15, 0.2) is 0 Å². The maximum Gasteiger partial charge on any atom is 0.0993 e. The molecule has 94 valence electrons. The maximum atomic E-state index is 5.70. The van der Waals surface area contributed by atoms with Gasteiger partial charge in [-0.05, 0) is 38.0 Å². The molecule has 0 radical (unpaired) electrons. The topological polar surface area (TPSA) is 38.9 Å². The molecule has 0 amide bonds. The fourth-order valence-electron chi connectivity index (χ4n) is 2.04. The van der Waals surface area contributed by atoms with Crippen molar-refractivity contribution in [2.45, 2.75) is 31.6 Å². The van der Waals surface area contributed by atoms with Crippen LogP contribution in [0.1, 0.15) is 22.3 Å². The number of hydrogen-bond donors (Lipinski definition) is 1. The summed E-state index contributed by atoms with van der Waals surface area (Å²) in [6.45, 7) is 6.31. The summed E-state index contributed by atoms with van der Waals surface area (Å²) < 4.78 is 0. The number of pyridine rings is 1. The summed E-state index contributed by atoms with van der Waals surface area (Å²) in [4.78, 5) is 4.38. The second-order valence-corrected chi connectivity index (χ2v) is 5.64. The number of nitrogen functional groups attached to an aromatic ring is 1. The predicted molar refractivity (Wildman–Crippen MR) is 78.9 cm³/mol. The molecule has 18 heavy (non-hydrogen) atoms. The van der Waals surface area contributed by atoms with Crippen LogP contribution in [0.2, 0.25) is 0 Å². The van der Waals surface area contributed by atoms with Crippen LogP contribution >= 0.6 is 11.8 Å². The van der Waals surface area contributed by atoms with Gasteiger partial charge >= 0.3 is 0 Å². The van der Waals surface area contributed by atoms with Crippen LogP contribution in [0.25, 0.3) is 0 Å². The van der Waals surface area contributed by atoms with E-state index in [1.165, 1.54) is 16.7 Å². The van der Waals surface area contributed by atoms with E-state index in [4.69, 9.17) is 5.73 Å². The third-order valence-electron chi connectivity index (χ3n) is 2.71. The molecule has 1 aromatic heterocycles. The van der Waals surface area contributed by atoms with Gasteiger partial charge in [0.25, 0.3) is 0 Å². The molecule has 0 spiro atoms. The monoisotopic (exact) mass is 258 g/mol. The lowest BCUT2D eigenvalue weighted by Crippen LogP contribution is -1.92. The van der Waals surface area contributed by atoms with Crippen LogP contribution in [-0.2, 0) is 5.75 Å². The van der Waals surface area contributed by atoms with Crippen LogP contribution in [0.4, 0.5) is 5.69 Å². The fraction of sp³-hybridized carbons (Fsp3) is 0.267. The summed E-state index contributed by atoms with van der Waals surface area (Å²) >= 11 is 1.76. The summed E-state index contributed by atoms with van der Waals surface area (Å²) in [7, 11) is 0. The number of nitrogens with two attached hydrogens (primary N) is 1. The number of hydrogen-bond acceptors (Lipinski definition) is 3. The van der Waals surface area contributed by atoms with Crippen LogP contribution < -0.4 is 5.73 Å². The maximum absolute atomic E-state index is 5.70. The van der Waals surface area contributed by atoms with E-state index < -0.39 is 0 Å². The van der Waals surface area contributed by atoms with E-state index >= 15 is 0 Å². The van der Waals surface area contributed by atoms with Crippen molar-refractivity contribution in [2.24, 2.45) is 0 Å². The van der Waals surface area contributed by atoms with Gasteiger partial charge in [-0.25, -0.2) is 4.98 Å². The number of rotatable bonds is 3. The SMILES string of the molecule is Cc1cc(C)cc(CSc2ncc(N)cc2C)c1. The molecular weight excluding hydrogens is 240 g/mol. The Hall–Kier alpha value is -1.48. The number of aryl methyl sites for hydroxylation is 3. The zero-order valence-electron chi connectivity index (χ0n) is 11.0. The normalized spacial score (nSPS) is 10.6. The number of nitrogens with zero attached hydrogens (tertiary/aromatic N) is 1. The lowest BCUT2D eigenvalue weighted by atomic mass is 10.1. The molecule has 2 rings (SSSR count). The molecule has 0 saturated carbocycles. The van der Waals surface area contributed by atoms with Gasteiger partial charge in [-0.1, -0.05) is 29.3 Å². The Kier molecular flexibility index (Phi) is 3.92. The highest BCUT2D eigenvalue weighted by atomic mass is 32.2. The molecule has 2 N–H and O–H groups in total. The van der Waals surface area contributed by atoms with E-state index in [0.717, 1.165) is 22.0 Å². The van der Waals surface area contributed by atoms with Crippen LogP contribution in [0, 0.1) is 20.8 Å². The lowest BCUT2D eigenvalue weighted by Gasteiger charge is -2.07. The quantitative estimate of drug-likeness (QED) is 0.849. The van der Waals surface area contributed by atoms with Crippen molar-refractivity contribution in [3.05, 3.63) is 52.7 Å². The molecule has 0 saturated heterocycles. The average molecular weight is 258 g/mol. The standard InChI is InChI=1S/C15H18N2S/c1-10-4-11(2)6-13(5-10)9-18-15-12(3)7-14(16)8-17-15/h4-8H,9,16H2,1-3H3. The molecule has 2 nitrogen and oxygen atoms in total. The first kappa shape index (κ1) is 13.0. The molecule has 1 heterocycles. The first-order valence-corrected chi connectivity index (χ1v) is 6.95. The molecule has 0 unspecified atom stereocenters. The van der Waals surface area contributed by atoms with Gasteiger partial charge in [0, 0.05) is 5.75 Å². The van der Waals surface area contributed by atoms with Crippen molar-refractivity contribution in [1.82, 2.24) is 4.98 Å². The molecule has 3 heteroatoms. The molecule has 2 aromatic rings. The number of thioether (sulfide) groups is 1. The Balaban J connectivity index is 2.11. The third kappa shape index (κ3) is 3.26. The van der Waals surface area contributed by atoms with Crippen LogP contribution in [0.5, 0.6) is 0 Å². The summed E-state index contributed by atoms with van der Waals surface area (Å²) in [5.41, 5.74) is 11.5. The molecule has 0 aliphatic heterocycles. The van der Waals surface area contributed by atoms with Gasteiger partial charge in [0.2, 0.25) is 0 Å². The third-order valence-corrected chi connectivity index (χ3v) is 3.89. The molecule has 1 aromatic carbocycles. The van der Waals surface area contributed by atoms with E-state index in [-0.39, 0.29) is 0 Å². The highest BCUT2D eigenvalue weighted by molar-refractivity contribution is 7.98. The Morgan fingerprint density at radius 2 is 1.72 bits per heavy atom. The van der Waals surface area contributed by atoms with Crippen molar-refractivity contribution in [2.75, 3.05) is 5.73 Å². The van der Waals surface area contributed by atoms with Crippen LogP contribution in [-0.4, -0.2) is 4.98 Å². The molecule has 0 aliphatic rings. The average Bonchev–Trinajstić information content (AvgIpc) is 2.26. The van der Waals surface area contributed by atoms with Gasteiger partial charge in [0.1, 0.15) is 0 Å².